The van der Waals surface area contributed by atoms with Crippen molar-refractivity contribution in [2.24, 2.45) is 0 Å². The fourth-order valence-corrected chi connectivity index (χ4v) is 11.5. The molecule has 3 aromatic heterocycles. The van der Waals surface area contributed by atoms with Crippen LogP contribution < -0.4 is 59.1 Å². The first kappa shape index (κ1) is 44.4. The van der Waals surface area contributed by atoms with E-state index in [1.807, 2.05) is 48.6 Å². The Labute approximate surface area is 397 Å². The largest absolute Gasteiger partial charge is 1.00 e. The maximum Gasteiger partial charge on any atom is 1.00 e. The monoisotopic (exact) mass is 936 g/mol. The number of benzene rings is 4. The van der Waals surface area contributed by atoms with Crippen LogP contribution in [0.3, 0.4) is 0 Å². The van der Waals surface area contributed by atoms with E-state index in [0.717, 1.165) is 40.2 Å². The van der Waals surface area contributed by atoms with Gasteiger partial charge in [0.05, 0.1) is 0 Å². The summed E-state index contributed by atoms with van der Waals surface area (Å²) < 4.78 is 103. The van der Waals surface area contributed by atoms with Crippen LogP contribution >= 0.6 is 11.3 Å². The number of fused-ring (bicyclic) bond motifs is 8. The van der Waals surface area contributed by atoms with Crippen LogP contribution in [0.1, 0.15) is 22.8 Å². The van der Waals surface area contributed by atoms with Gasteiger partial charge >= 0.3 is 402 Å². The summed E-state index contributed by atoms with van der Waals surface area (Å²) in [5.41, 5.74) is 7.84. The van der Waals surface area contributed by atoms with E-state index in [0.29, 0.717) is 45.0 Å². The summed E-state index contributed by atoms with van der Waals surface area (Å²) in [5.74, 6) is -0.780. The van der Waals surface area contributed by atoms with Crippen molar-refractivity contribution in [3.63, 3.8) is 0 Å². The van der Waals surface area contributed by atoms with Gasteiger partial charge in [-0.2, -0.15) is 0 Å². The molecule has 2 aliphatic rings. The van der Waals surface area contributed by atoms with E-state index in [4.69, 9.17) is 9.97 Å². The molecule has 0 atom stereocenters. The fraction of sp³-hybridized carbons (Fsp3) is 0. The molecule has 60 heavy (non-hydrogen) atoms. The van der Waals surface area contributed by atoms with Crippen molar-refractivity contribution in [2.45, 2.75) is 9.79 Å². The second-order valence-corrected chi connectivity index (χ2v) is 19.3. The molecule has 8 nitrogen and oxygen atoms in total. The Hall–Kier alpha value is -3.70. The second-order valence-electron chi connectivity index (χ2n) is 13.2. The topological polar surface area (TPSA) is 140 Å². The van der Waals surface area contributed by atoms with Crippen molar-refractivity contribution in [1.82, 2.24) is 9.97 Å². The van der Waals surface area contributed by atoms with Crippen molar-refractivity contribution < 1.29 is 93.8 Å². The maximum atomic E-state index is 14.3. The van der Waals surface area contributed by atoms with Crippen LogP contribution in [0.25, 0.3) is 86.7 Å². The normalized spacial score (nSPS) is 12.2. The SMILES string of the molecule is O=S(=O)([O-])c1ccc(-c2c3nc(c(-c4ccc(F)cc4)c4ccc([se]4)c(-c4ccc(F)cc4)c4nc(c(-c5ccc(S(=O)(=O)[O-])cc5)c5ccc2s5)C=C4)C=C3)cc1.[Na+].[Na+]. The molecule has 0 N–H and O–H groups in total. The summed E-state index contributed by atoms with van der Waals surface area (Å²) in [6.45, 7) is 0. The molecule has 0 saturated heterocycles. The Kier molecular flexibility index (Phi) is 13.0. The summed E-state index contributed by atoms with van der Waals surface area (Å²) in [4.78, 5) is 9.56. The summed E-state index contributed by atoms with van der Waals surface area (Å²) in [6, 6.07) is 31.4. The molecule has 0 radical (unpaired) electrons. The number of nitrogens with zero attached hydrogens (tertiary/aromatic N) is 2. The molecule has 7 aromatic rings. The zero-order valence-corrected chi connectivity index (χ0v) is 39.8. The van der Waals surface area contributed by atoms with Crippen molar-refractivity contribution in [3.8, 4) is 44.5 Å². The Morgan fingerprint density at radius 3 is 1.07 bits per heavy atom. The van der Waals surface area contributed by atoms with Crippen molar-refractivity contribution >= 4 is 88.3 Å². The predicted octanol–water partition coefficient (Wildman–Crippen LogP) is 3.88. The number of hydrogen-bond donors (Lipinski definition) is 0. The first-order valence-electron chi connectivity index (χ1n) is 17.4. The molecule has 0 saturated carbocycles. The van der Waals surface area contributed by atoms with Gasteiger partial charge in [0.2, 0.25) is 0 Å². The van der Waals surface area contributed by atoms with Crippen LogP contribution in [0.4, 0.5) is 8.78 Å². The first-order chi connectivity index (χ1) is 27.8. The Morgan fingerprint density at radius 1 is 0.433 bits per heavy atom. The van der Waals surface area contributed by atoms with Gasteiger partial charge in [0, 0.05) is 0 Å². The molecule has 9 rings (SSSR count). The molecule has 16 heteroatoms. The number of hydrogen-bond acceptors (Lipinski definition) is 9. The Bertz CT molecular complexity index is 3070. The van der Waals surface area contributed by atoms with Crippen molar-refractivity contribution in [1.29, 1.82) is 0 Å². The second kappa shape index (κ2) is 17.6. The fourth-order valence-electron chi connectivity index (χ4n) is 6.97. The van der Waals surface area contributed by atoms with E-state index < -0.39 is 31.9 Å². The molecule has 0 unspecified atom stereocenters. The quantitative estimate of drug-likeness (QED) is 0.181. The van der Waals surface area contributed by atoms with Gasteiger partial charge in [0.15, 0.2) is 0 Å². The third-order valence-corrected chi connectivity index (χ3v) is 14.8. The van der Waals surface area contributed by atoms with Gasteiger partial charge in [-0.15, -0.1) is 0 Å². The standard InChI is InChI=1S/C44H26F2N2O6S3Se.2Na/c45-29-9-1-27(2-10-29)43-35-19-17-33(47-35)41(25-5-13-31(14-6-25)56(49,50)51)37-21-22-38(55-37)42(26-7-15-32(16-8-26)57(52,53)54)34-18-20-36(48-34)44(40-24-23-39(43)58-40)28-3-11-30(46)12-4-28;;/h1-24H,(H,49,50,51)(H,52,53,54);;/q;2*+1/p-2. The van der Waals surface area contributed by atoms with E-state index >= 15 is 0 Å². The number of halogens is 2. The average molecular weight is 936 g/mol. The van der Waals surface area contributed by atoms with Crippen LogP contribution in [0.5, 0.6) is 0 Å². The van der Waals surface area contributed by atoms with Gasteiger partial charge < -0.3 is 0 Å². The minimum Gasteiger partial charge on any atom is 1.00 e. The maximum absolute atomic E-state index is 14.3. The molecular weight excluding hydrogens is 912 g/mol. The van der Waals surface area contributed by atoms with E-state index in [2.05, 4.69) is 0 Å². The van der Waals surface area contributed by atoms with E-state index in [1.54, 1.807) is 48.5 Å². The van der Waals surface area contributed by atoms with Gasteiger partial charge in [0.25, 0.3) is 0 Å². The Morgan fingerprint density at radius 2 is 0.733 bits per heavy atom. The molecule has 8 bridgehead atoms. The van der Waals surface area contributed by atoms with Crippen LogP contribution in [-0.4, -0.2) is 50.4 Å². The summed E-state index contributed by atoms with van der Waals surface area (Å²) in [5, 5.41) is 0. The minimum absolute atomic E-state index is 0. The molecule has 0 fully saturated rings. The van der Waals surface area contributed by atoms with Crippen molar-refractivity contribution in [3.05, 3.63) is 156 Å². The number of rotatable bonds is 6. The minimum atomic E-state index is -4.72. The predicted molar refractivity (Wildman–Crippen MR) is 223 cm³/mol. The van der Waals surface area contributed by atoms with Crippen LogP contribution in [0.15, 0.2) is 131 Å². The zero-order chi connectivity index (χ0) is 40.3. The van der Waals surface area contributed by atoms with E-state index in [-0.39, 0.29) is 83.4 Å². The molecule has 0 amide bonds. The van der Waals surface area contributed by atoms with Gasteiger partial charge in [-0.25, -0.2) is 0 Å². The molecule has 0 aliphatic carbocycles. The molecule has 4 aromatic carbocycles. The van der Waals surface area contributed by atoms with Crippen LogP contribution in [0, 0.1) is 11.6 Å². The zero-order valence-electron chi connectivity index (χ0n) is 31.6. The van der Waals surface area contributed by atoms with Gasteiger partial charge in [-0.1, -0.05) is 0 Å². The van der Waals surface area contributed by atoms with Gasteiger partial charge in [-0.3, -0.25) is 0 Å². The van der Waals surface area contributed by atoms with Crippen LogP contribution in [-0.2, 0) is 20.2 Å². The molecule has 2 aliphatic heterocycles. The molecule has 0 spiro atoms. The van der Waals surface area contributed by atoms with E-state index in [1.165, 1.54) is 59.9 Å². The van der Waals surface area contributed by atoms with E-state index in [9.17, 15) is 34.7 Å². The first-order valence-corrected chi connectivity index (χ1v) is 22.8. The molecule has 286 valence electrons. The summed E-state index contributed by atoms with van der Waals surface area (Å²) in [7, 11) is -9.44. The summed E-state index contributed by atoms with van der Waals surface area (Å²) >= 11 is 1.02. The molecule has 5 heterocycles. The smallest absolute Gasteiger partial charge is 1.00 e. The Balaban J connectivity index is 0.00000272. The van der Waals surface area contributed by atoms with Crippen LogP contribution in [0.2, 0.25) is 0 Å². The number of aromatic nitrogens is 2. The van der Waals surface area contributed by atoms with Crippen molar-refractivity contribution in [2.75, 3.05) is 0 Å². The van der Waals surface area contributed by atoms with Gasteiger partial charge in [-0.05, 0) is 0 Å². The average Bonchev–Trinajstić information content (AvgIpc) is 4.04. The third kappa shape index (κ3) is 8.81. The van der Waals surface area contributed by atoms with Gasteiger partial charge in [0.1, 0.15) is 0 Å². The summed E-state index contributed by atoms with van der Waals surface area (Å²) in [6.07, 6.45) is 7.47. The number of thiophene rings is 1. The molecular formula is C44H24F2N2Na2O6S3Se. The third-order valence-electron chi connectivity index (χ3n) is 9.63.